The molecular weight excluding hydrogens is 229 g/mol. The van der Waals surface area contributed by atoms with Crippen LogP contribution >= 0.6 is 11.6 Å². The van der Waals surface area contributed by atoms with Gasteiger partial charge in [-0.25, -0.2) is 0 Å². The maximum absolute atomic E-state index is 12.0. The van der Waals surface area contributed by atoms with Crippen LogP contribution < -0.4 is 5.32 Å². The molecule has 0 heterocycles. The van der Waals surface area contributed by atoms with Crippen LogP contribution in [0.1, 0.15) is 0 Å². The molecule has 1 aromatic rings. The molecule has 1 rings (SSSR count). The fourth-order valence-corrected chi connectivity index (χ4v) is 1.11. The first-order valence-corrected chi connectivity index (χ1v) is 5.43. The second kappa shape index (κ2) is 4.43. The Bertz CT molecular complexity index is 427. The van der Waals surface area contributed by atoms with E-state index >= 15 is 0 Å². The van der Waals surface area contributed by atoms with Crippen LogP contribution in [0.2, 0.25) is 5.02 Å². The summed E-state index contributed by atoms with van der Waals surface area (Å²) in [5.74, 6) is 0. The van der Waals surface area contributed by atoms with E-state index in [1.54, 1.807) is 24.3 Å². The summed E-state index contributed by atoms with van der Waals surface area (Å²) >= 11 is 5.62. The van der Waals surface area contributed by atoms with Crippen LogP contribution in [0.4, 0.5) is 9.57 Å². The molecule has 76 valence electrons. The summed E-state index contributed by atoms with van der Waals surface area (Å²) in [5.41, 5.74) is 0.620. The summed E-state index contributed by atoms with van der Waals surface area (Å²) < 4.78 is 32.1. The van der Waals surface area contributed by atoms with Gasteiger partial charge in [0.05, 0.1) is 5.41 Å². The predicted molar refractivity (Wildman–Crippen MR) is 54.2 cm³/mol. The first kappa shape index (κ1) is 11.0. The van der Waals surface area contributed by atoms with Gasteiger partial charge in [-0.05, 0) is 24.3 Å². The average Bonchev–Trinajstić information content (AvgIpc) is 2.06. The second-order valence-corrected chi connectivity index (χ2v) is 4.09. The highest BCUT2D eigenvalue weighted by atomic mass is 35.5. The lowest BCUT2D eigenvalue weighted by Crippen LogP contribution is -1.89. The normalized spacial score (nSPS) is 11.9. The Hall–Kier alpha value is -1.07. The summed E-state index contributed by atoms with van der Waals surface area (Å²) in [6.45, 7) is 0. The highest BCUT2D eigenvalue weighted by Gasteiger charge is 1.97. The van der Waals surface area contributed by atoms with Crippen molar-refractivity contribution in [2.75, 3.05) is 5.32 Å². The van der Waals surface area contributed by atoms with Crippen LogP contribution in [0, 0.1) is 0 Å². The van der Waals surface area contributed by atoms with Crippen molar-refractivity contribution in [3.8, 4) is 0 Å². The first-order valence-electron chi connectivity index (χ1n) is 3.61. The van der Waals surface area contributed by atoms with Crippen molar-refractivity contribution in [3.05, 3.63) is 40.9 Å². The zero-order valence-corrected chi connectivity index (χ0v) is 8.52. The van der Waals surface area contributed by atoms with Gasteiger partial charge in [-0.1, -0.05) is 11.6 Å². The van der Waals surface area contributed by atoms with Crippen LogP contribution in [0.25, 0.3) is 0 Å². The van der Waals surface area contributed by atoms with Gasteiger partial charge in [0.15, 0.2) is 0 Å². The second-order valence-electron chi connectivity index (χ2n) is 2.43. The maximum Gasteiger partial charge on any atom is 0.326 e. The SMILES string of the molecule is O=S(=O)(F)/C=C/Nc1ccc(Cl)cc1. The largest absolute Gasteiger partial charge is 0.361 e. The van der Waals surface area contributed by atoms with Gasteiger partial charge >= 0.3 is 10.2 Å². The fraction of sp³-hybridized carbons (Fsp3) is 0. The number of nitrogens with one attached hydrogen (secondary N) is 1. The van der Waals surface area contributed by atoms with Gasteiger partial charge in [-0.3, -0.25) is 0 Å². The van der Waals surface area contributed by atoms with E-state index < -0.39 is 10.2 Å². The summed E-state index contributed by atoms with van der Waals surface area (Å²) in [4.78, 5) is 0. The molecule has 0 saturated heterocycles. The van der Waals surface area contributed by atoms with E-state index in [0.717, 1.165) is 6.20 Å². The molecule has 0 radical (unpaired) electrons. The molecule has 0 amide bonds. The number of hydrogen-bond acceptors (Lipinski definition) is 3. The number of anilines is 1. The minimum absolute atomic E-state index is 0.432. The summed E-state index contributed by atoms with van der Waals surface area (Å²) in [6, 6.07) is 6.53. The van der Waals surface area contributed by atoms with Crippen molar-refractivity contribution >= 4 is 27.5 Å². The Morgan fingerprint density at radius 2 is 1.86 bits per heavy atom. The van der Waals surface area contributed by atoms with Gasteiger partial charge < -0.3 is 5.32 Å². The molecule has 1 aromatic carbocycles. The Balaban J connectivity index is 2.63. The molecule has 3 nitrogen and oxygen atoms in total. The summed E-state index contributed by atoms with van der Waals surface area (Å²) in [5, 5.41) is 3.57. The van der Waals surface area contributed by atoms with Gasteiger partial charge in [0.25, 0.3) is 0 Å². The zero-order chi connectivity index (χ0) is 10.6. The third-order valence-electron chi connectivity index (χ3n) is 1.32. The van der Waals surface area contributed by atoms with Crippen LogP contribution in [0.15, 0.2) is 35.9 Å². The lowest BCUT2D eigenvalue weighted by atomic mass is 10.3. The molecule has 1 N–H and O–H groups in total. The number of rotatable bonds is 3. The Morgan fingerprint density at radius 1 is 1.29 bits per heavy atom. The van der Waals surface area contributed by atoms with E-state index in [4.69, 9.17) is 11.6 Å². The van der Waals surface area contributed by atoms with Crippen LogP contribution in [0.3, 0.4) is 0 Å². The lowest BCUT2D eigenvalue weighted by molar-refractivity contribution is 0.563. The average molecular weight is 236 g/mol. The molecule has 0 spiro atoms. The van der Waals surface area contributed by atoms with E-state index in [1.807, 2.05) is 0 Å². The van der Waals surface area contributed by atoms with Crippen molar-refractivity contribution in [1.29, 1.82) is 0 Å². The molecule has 6 heteroatoms. The smallest absolute Gasteiger partial charge is 0.326 e. The highest BCUT2D eigenvalue weighted by molar-refractivity contribution is 7.89. The monoisotopic (exact) mass is 235 g/mol. The van der Waals surface area contributed by atoms with E-state index in [-0.39, 0.29) is 0 Å². The summed E-state index contributed by atoms with van der Waals surface area (Å²) in [6.07, 6.45) is 0.999. The number of hydrogen-bond donors (Lipinski definition) is 1. The molecule has 0 bridgehead atoms. The maximum atomic E-state index is 12.0. The van der Waals surface area contributed by atoms with Crippen molar-refractivity contribution < 1.29 is 12.3 Å². The lowest BCUT2D eigenvalue weighted by Gasteiger charge is -1.98. The van der Waals surface area contributed by atoms with E-state index in [9.17, 15) is 12.3 Å². The van der Waals surface area contributed by atoms with Crippen LogP contribution in [-0.2, 0) is 10.2 Å². The minimum Gasteiger partial charge on any atom is -0.361 e. The van der Waals surface area contributed by atoms with E-state index in [2.05, 4.69) is 5.32 Å². The first-order chi connectivity index (χ1) is 6.47. The summed E-state index contributed by atoms with van der Waals surface area (Å²) in [7, 11) is -4.57. The predicted octanol–water partition coefficient (Wildman–Crippen LogP) is 2.52. The molecule has 0 atom stereocenters. The molecule has 0 unspecified atom stereocenters. The molecule has 0 aliphatic heterocycles. The highest BCUT2D eigenvalue weighted by Crippen LogP contribution is 2.13. The van der Waals surface area contributed by atoms with E-state index in [0.29, 0.717) is 16.1 Å². The topological polar surface area (TPSA) is 46.2 Å². The van der Waals surface area contributed by atoms with E-state index in [1.165, 1.54) is 0 Å². The van der Waals surface area contributed by atoms with Crippen LogP contribution in [-0.4, -0.2) is 8.42 Å². The molecule has 0 saturated carbocycles. The molecule has 0 aliphatic carbocycles. The van der Waals surface area contributed by atoms with Crippen LogP contribution in [0.5, 0.6) is 0 Å². The van der Waals surface area contributed by atoms with Gasteiger partial charge in [-0.15, -0.1) is 3.89 Å². The number of halogens is 2. The molecule has 0 aromatic heterocycles. The van der Waals surface area contributed by atoms with Crippen molar-refractivity contribution in [2.45, 2.75) is 0 Å². The molecule has 0 fully saturated rings. The zero-order valence-electron chi connectivity index (χ0n) is 6.94. The minimum atomic E-state index is -4.57. The van der Waals surface area contributed by atoms with Gasteiger partial charge in [0.2, 0.25) is 0 Å². The third kappa shape index (κ3) is 4.25. The van der Waals surface area contributed by atoms with Gasteiger partial charge in [0.1, 0.15) is 0 Å². The van der Waals surface area contributed by atoms with Crippen molar-refractivity contribution in [1.82, 2.24) is 0 Å². The third-order valence-corrected chi connectivity index (χ3v) is 2.04. The standard InChI is InChI=1S/C8H7ClFNO2S/c9-7-1-3-8(4-2-7)11-5-6-14(10,12)13/h1-6,11H/b6-5+. The van der Waals surface area contributed by atoms with Crippen molar-refractivity contribution in [3.63, 3.8) is 0 Å². The molecule has 14 heavy (non-hydrogen) atoms. The molecule has 0 aliphatic rings. The van der Waals surface area contributed by atoms with Crippen molar-refractivity contribution in [2.24, 2.45) is 0 Å². The Morgan fingerprint density at radius 3 is 2.36 bits per heavy atom. The Kier molecular flexibility index (Phi) is 3.49. The van der Waals surface area contributed by atoms with Gasteiger partial charge in [0, 0.05) is 16.9 Å². The Labute approximate surface area is 86.4 Å². The number of benzene rings is 1. The fourth-order valence-electron chi connectivity index (χ4n) is 0.758. The quantitative estimate of drug-likeness (QED) is 0.819. The van der Waals surface area contributed by atoms with Gasteiger partial charge in [-0.2, -0.15) is 8.42 Å². The molecular formula is C8H7ClFNO2S.